The average Bonchev–Trinajstić information content (AvgIpc) is 3.20. The largest absolute Gasteiger partial charge is 0.310 e. The van der Waals surface area contributed by atoms with Gasteiger partial charge in [-0.1, -0.05) is 109 Å². The van der Waals surface area contributed by atoms with E-state index in [9.17, 15) is 5.26 Å². The number of fused-ring (bicyclic) bond motifs is 2. The number of benzene rings is 10. The van der Waals surface area contributed by atoms with Gasteiger partial charge < -0.3 is 4.90 Å². The summed E-state index contributed by atoms with van der Waals surface area (Å²) in [6.07, 6.45) is 0. The topological polar surface area (TPSA) is 27.0 Å². The Morgan fingerprint density at radius 3 is 1.57 bits per heavy atom. The molecule has 10 aromatic carbocycles. The fourth-order valence-electron chi connectivity index (χ4n) is 7.87. The van der Waals surface area contributed by atoms with Gasteiger partial charge in [0.05, 0.1) is 17.3 Å². The van der Waals surface area contributed by atoms with Crippen LogP contribution in [0.3, 0.4) is 0 Å². The quantitative estimate of drug-likeness (QED) is 0.174. The van der Waals surface area contributed by atoms with E-state index in [1.54, 1.807) is 0 Å². The molecule has 10 rings (SSSR count). The smallest absolute Gasteiger partial charge is 0.0991 e. The predicted octanol–water partition coefficient (Wildman–Crippen LogP) is 13.6. The molecule has 0 spiro atoms. The molecule has 0 atom stereocenters. The van der Waals surface area contributed by atoms with Crippen LogP contribution in [0.4, 0.5) is 17.1 Å². The molecule has 51 heavy (non-hydrogen) atoms. The van der Waals surface area contributed by atoms with Crippen LogP contribution in [0.1, 0.15) is 5.56 Å². The van der Waals surface area contributed by atoms with Gasteiger partial charge in [-0.15, -0.1) is 0 Å². The third-order valence-corrected chi connectivity index (χ3v) is 10.3. The second-order valence-electron chi connectivity index (χ2n) is 13.3. The molecular weight excluding hydrogens is 617 g/mol. The zero-order chi connectivity index (χ0) is 33.9. The number of rotatable bonds is 5. The molecule has 236 valence electrons. The van der Waals surface area contributed by atoms with Crippen molar-refractivity contribution < 1.29 is 0 Å². The summed E-state index contributed by atoms with van der Waals surface area (Å²) in [5.41, 5.74) is 8.71. The zero-order valence-electron chi connectivity index (χ0n) is 27.7. The Bertz CT molecular complexity index is 2900. The van der Waals surface area contributed by atoms with Crippen molar-refractivity contribution in [2.75, 3.05) is 4.90 Å². The second kappa shape index (κ2) is 11.6. The van der Waals surface area contributed by atoms with E-state index in [-0.39, 0.29) is 0 Å². The number of hydrogen-bond acceptors (Lipinski definition) is 2. The molecule has 0 fully saturated rings. The molecule has 0 aliphatic rings. The standard InChI is InChI=1S/C49H30N2/c50-31-32-13-22-44(23-14-32)51(47-12-6-10-34-9-4-5-11-46(34)47)45-24-21-35-25-36(15-16-37(35)30-45)43-28-40-19-17-38-26-42(33-7-2-1-3-8-33)27-39-18-20-41(29-43)49(40)48(38)39/h1-30H. The molecule has 0 aliphatic carbocycles. The number of nitrogens with zero attached hydrogens (tertiary/aromatic N) is 2. The van der Waals surface area contributed by atoms with E-state index in [4.69, 9.17) is 0 Å². The molecule has 0 aromatic heterocycles. The monoisotopic (exact) mass is 646 g/mol. The SMILES string of the molecule is N#Cc1ccc(N(c2ccc3cc(-c4cc5ccc6cc(-c7ccccc7)cc7ccc(c4)c5c67)ccc3c2)c2cccc3ccccc23)cc1. The maximum absolute atomic E-state index is 9.47. The van der Waals surface area contributed by atoms with Gasteiger partial charge in [-0.3, -0.25) is 0 Å². The minimum atomic E-state index is 0.645. The molecule has 0 amide bonds. The number of nitriles is 1. The van der Waals surface area contributed by atoms with Crippen molar-refractivity contribution in [3.63, 3.8) is 0 Å². The van der Waals surface area contributed by atoms with Crippen LogP contribution < -0.4 is 4.90 Å². The fraction of sp³-hybridized carbons (Fsp3) is 0. The van der Waals surface area contributed by atoms with Gasteiger partial charge in [-0.05, 0) is 144 Å². The summed E-state index contributed by atoms with van der Waals surface area (Å²) in [6, 6.07) is 67.6. The zero-order valence-corrected chi connectivity index (χ0v) is 27.7. The van der Waals surface area contributed by atoms with E-state index in [2.05, 4.69) is 169 Å². The van der Waals surface area contributed by atoms with Crippen molar-refractivity contribution in [2.45, 2.75) is 0 Å². The second-order valence-corrected chi connectivity index (χ2v) is 13.3. The molecule has 0 unspecified atom stereocenters. The van der Waals surface area contributed by atoms with Crippen LogP contribution in [0.5, 0.6) is 0 Å². The first-order valence-corrected chi connectivity index (χ1v) is 17.3. The highest BCUT2D eigenvalue weighted by molar-refractivity contribution is 6.24. The lowest BCUT2D eigenvalue weighted by molar-refractivity contribution is 1.30. The molecule has 0 saturated heterocycles. The minimum absolute atomic E-state index is 0.645. The highest BCUT2D eigenvalue weighted by Gasteiger charge is 2.17. The predicted molar refractivity (Wildman–Crippen MR) is 215 cm³/mol. The molecule has 10 aromatic rings. The normalized spacial score (nSPS) is 11.5. The summed E-state index contributed by atoms with van der Waals surface area (Å²) in [4.78, 5) is 2.29. The van der Waals surface area contributed by atoms with Crippen molar-refractivity contribution in [3.8, 4) is 28.3 Å². The lowest BCUT2D eigenvalue weighted by Crippen LogP contribution is -2.10. The van der Waals surface area contributed by atoms with E-state index >= 15 is 0 Å². The summed E-state index contributed by atoms with van der Waals surface area (Å²) >= 11 is 0. The first-order chi connectivity index (χ1) is 25.2. The summed E-state index contributed by atoms with van der Waals surface area (Å²) in [5.74, 6) is 0. The molecule has 0 bridgehead atoms. The Morgan fingerprint density at radius 2 is 0.882 bits per heavy atom. The average molecular weight is 647 g/mol. The Morgan fingerprint density at radius 1 is 0.353 bits per heavy atom. The molecule has 0 aliphatic heterocycles. The first-order valence-electron chi connectivity index (χ1n) is 17.3. The van der Waals surface area contributed by atoms with Gasteiger partial charge in [0.25, 0.3) is 0 Å². The van der Waals surface area contributed by atoms with Crippen LogP contribution in [0.25, 0.3) is 76.1 Å². The molecule has 0 heterocycles. The van der Waals surface area contributed by atoms with E-state index < -0.39 is 0 Å². The lowest BCUT2D eigenvalue weighted by Gasteiger charge is -2.27. The third-order valence-electron chi connectivity index (χ3n) is 10.3. The highest BCUT2D eigenvalue weighted by atomic mass is 15.1. The maximum Gasteiger partial charge on any atom is 0.0991 e. The van der Waals surface area contributed by atoms with E-state index in [1.165, 1.54) is 76.1 Å². The number of anilines is 3. The van der Waals surface area contributed by atoms with E-state index in [0.29, 0.717) is 5.56 Å². The number of hydrogen-bond donors (Lipinski definition) is 0. The molecular formula is C49H30N2. The van der Waals surface area contributed by atoms with E-state index in [1.807, 2.05) is 24.3 Å². The lowest BCUT2D eigenvalue weighted by atomic mass is 9.89. The summed E-state index contributed by atoms with van der Waals surface area (Å²) in [5, 5.41) is 21.9. The molecule has 0 radical (unpaired) electrons. The summed E-state index contributed by atoms with van der Waals surface area (Å²) in [6.45, 7) is 0. The summed E-state index contributed by atoms with van der Waals surface area (Å²) in [7, 11) is 0. The molecule has 0 N–H and O–H groups in total. The van der Waals surface area contributed by atoms with Crippen LogP contribution in [-0.2, 0) is 0 Å². The van der Waals surface area contributed by atoms with Gasteiger partial charge in [-0.25, -0.2) is 0 Å². The van der Waals surface area contributed by atoms with Crippen LogP contribution in [0.2, 0.25) is 0 Å². The van der Waals surface area contributed by atoms with Gasteiger partial charge in [0.1, 0.15) is 0 Å². The highest BCUT2D eigenvalue weighted by Crippen LogP contribution is 2.42. The van der Waals surface area contributed by atoms with E-state index in [0.717, 1.165) is 17.1 Å². The Hall–Kier alpha value is -6.95. The van der Waals surface area contributed by atoms with Crippen molar-refractivity contribution >= 4 is 70.9 Å². The first kappa shape index (κ1) is 29.0. The Labute approximate surface area is 296 Å². The molecule has 2 heteroatoms. The maximum atomic E-state index is 9.47. The van der Waals surface area contributed by atoms with Crippen LogP contribution >= 0.6 is 0 Å². The van der Waals surface area contributed by atoms with Crippen LogP contribution in [-0.4, -0.2) is 0 Å². The van der Waals surface area contributed by atoms with Crippen molar-refractivity contribution in [1.82, 2.24) is 0 Å². The minimum Gasteiger partial charge on any atom is -0.310 e. The van der Waals surface area contributed by atoms with Crippen molar-refractivity contribution in [1.29, 1.82) is 5.26 Å². The third kappa shape index (κ3) is 4.87. The molecule has 0 saturated carbocycles. The van der Waals surface area contributed by atoms with Gasteiger partial charge in [0.15, 0.2) is 0 Å². The van der Waals surface area contributed by atoms with Crippen LogP contribution in [0, 0.1) is 11.3 Å². The Kier molecular flexibility index (Phi) is 6.59. The molecule has 2 nitrogen and oxygen atoms in total. The Balaban J connectivity index is 1.06. The van der Waals surface area contributed by atoms with Gasteiger partial charge in [0.2, 0.25) is 0 Å². The van der Waals surface area contributed by atoms with Crippen LogP contribution in [0.15, 0.2) is 182 Å². The fourth-order valence-corrected chi connectivity index (χ4v) is 7.87. The van der Waals surface area contributed by atoms with Crippen molar-refractivity contribution in [3.05, 3.63) is 188 Å². The van der Waals surface area contributed by atoms with Crippen molar-refractivity contribution in [2.24, 2.45) is 0 Å². The van der Waals surface area contributed by atoms with Gasteiger partial charge in [-0.2, -0.15) is 5.26 Å². The van der Waals surface area contributed by atoms with Gasteiger partial charge in [0, 0.05) is 16.8 Å². The van der Waals surface area contributed by atoms with Gasteiger partial charge >= 0.3 is 0 Å². The summed E-state index contributed by atoms with van der Waals surface area (Å²) < 4.78 is 0.